The highest BCUT2D eigenvalue weighted by atomic mass is 19.1. The van der Waals surface area contributed by atoms with Crippen LogP contribution in [0, 0.1) is 5.82 Å². The van der Waals surface area contributed by atoms with E-state index in [1.54, 1.807) is 12.1 Å². The van der Waals surface area contributed by atoms with Crippen molar-refractivity contribution in [2.75, 3.05) is 0 Å². The molecule has 1 N–H and O–H groups in total. The van der Waals surface area contributed by atoms with Gasteiger partial charge in [0, 0.05) is 11.6 Å². The molecule has 0 bridgehead atoms. The molecule has 0 unspecified atom stereocenters. The summed E-state index contributed by atoms with van der Waals surface area (Å²) in [5.74, 6) is -0.205. The Morgan fingerprint density at radius 1 is 1.19 bits per heavy atom. The summed E-state index contributed by atoms with van der Waals surface area (Å²) in [4.78, 5) is 16.3. The molecule has 21 heavy (non-hydrogen) atoms. The molecule has 0 atom stereocenters. The summed E-state index contributed by atoms with van der Waals surface area (Å²) in [7, 11) is 0. The van der Waals surface area contributed by atoms with E-state index in [0.717, 1.165) is 25.7 Å². The lowest BCUT2D eigenvalue weighted by Crippen LogP contribution is -2.36. The van der Waals surface area contributed by atoms with Crippen LogP contribution in [0.1, 0.15) is 42.6 Å². The molecule has 2 aromatic rings. The average Bonchev–Trinajstić information content (AvgIpc) is 2.99. The van der Waals surface area contributed by atoms with Crippen molar-refractivity contribution in [2.24, 2.45) is 0 Å². The van der Waals surface area contributed by atoms with E-state index >= 15 is 0 Å². The van der Waals surface area contributed by atoms with Crippen molar-refractivity contribution in [1.29, 1.82) is 0 Å². The van der Waals surface area contributed by atoms with Gasteiger partial charge in [0.25, 0.3) is 5.91 Å². The molecule has 1 aromatic heterocycles. The Kier molecular flexibility index (Phi) is 3.99. The van der Waals surface area contributed by atoms with Crippen LogP contribution in [0.25, 0.3) is 11.5 Å². The number of aromatic nitrogens is 1. The molecule has 1 fully saturated rings. The zero-order chi connectivity index (χ0) is 14.7. The minimum Gasteiger partial charge on any atom is -0.444 e. The Morgan fingerprint density at radius 3 is 2.62 bits per heavy atom. The predicted octanol–water partition coefficient (Wildman–Crippen LogP) is 3.54. The molecule has 1 aliphatic carbocycles. The van der Waals surface area contributed by atoms with E-state index in [4.69, 9.17) is 4.42 Å². The molecule has 1 saturated carbocycles. The van der Waals surface area contributed by atoms with Crippen molar-refractivity contribution in [2.45, 2.75) is 38.1 Å². The molecule has 3 rings (SSSR count). The molecule has 5 heteroatoms. The monoisotopic (exact) mass is 288 g/mol. The standard InChI is InChI=1S/C16H17FN2O2/c17-12-8-6-11(7-9-12)16-19-14(10-21-16)15(20)18-13-4-2-1-3-5-13/h6-10,13H,1-5H2,(H,18,20). The van der Waals surface area contributed by atoms with Crippen molar-refractivity contribution < 1.29 is 13.6 Å². The van der Waals surface area contributed by atoms with Gasteiger partial charge in [-0.3, -0.25) is 4.79 Å². The smallest absolute Gasteiger partial charge is 0.273 e. The van der Waals surface area contributed by atoms with Crippen LogP contribution in [-0.4, -0.2) is 16.9 Å². The molecule has 110 valence electrons. The number of nitrogens with zero attached hydrogens (tertiary/aromatic N) is 1. The molecular formula is C16H17FN2O2. The minimum absolute atomic E-state index is 0.209. The number of hydrogen-bond acceptors (Lipinski definition) is 3. The van der Waals surface area contributed by atoms with Gasteiger partial charge in [0.1, 0.15) is 12.1 Å². The lowest BCUT2D eigenvalue weighted by Gasteiger charge is -2.22. The number of rotatable bonds is 3. The van der Waals surface area contributed by atoms with Crippen LogP contribution in [0.3, 0.4) is 0 Å². The van der Waals surface area contributed by atoms with Crippen LogP contribution in [-0.2, 0) is 0 Å². The summed E-state index contributed by atoms with van der Waals surface area (Å²) in [5.41, 5.74) is 0.910. The first-order valence-corrected chi connectivity index (χ1v) is 7.25. The highest BCUT2D eigenvalue weighted by Gasteiger charge is 2.19. The van der Waals surface area contributed by atoms with Crippen LogP contribution in [0.5, 0.6) is 0 Å². The van der Waals surface area contributed by atoms with Gasteiger partial charge < -0.3 is 9.73 Å². The van der Waals surface area contributed by atoms with E-state index in [1.807, 2.05) is 0 Å². The molecule has 1 aromatic carbocycles. The molecule has 0 radical (unpaired) electrons. The molecular weight excluding hydrogens is 271 g/mol. The number of amides is 1. The molecule has 0 spiro atoms. The van der Waals surface area contributed by atoms with Gasteiger partial charge in [-0.05, 0) is 37.1 Å². The van der Waals surface area contributed by atoms with E-state index < -0.39 is 0 Å². The zero-order valence-corrected chi connectivity index (χ0v) is 11.6. The molecule has 4 nitrogen and oxygen atoms in total. The van der Waals surface area contributed by atoms with Crippen LogP contribution in [0.4, 0.5) is 4.39 Å². The minimum atomic E-state index is -0.319. The maximum Gasteiger partial charge on any atom is 0.273 e. The first-order valence-electron chi connectivity index (χ1n) is 7.25. The van der Waals surface area contributed by atoms with Gasteiger partial charge in [-0.25, -0.2) is 9.37 Å². The second kappa shape index (κ2) is 6.08. The second-order valence-electron chi connectivity index (χ2n) is 5.35. The van der Waals surface area contributed by atoms with Gasteiger partial charge in [-0.15, -0.1) is 0 Å². The number of carbonyl (C=O) groups is 1. The Hall–Kier alpha value is -2.17. The van der Waals surface area contributed by atoms with Gasteiger partial charge in [-0.1, -0.05) is 19.3 Å². The van der Waals surface area contributed by atoms with Gasteiger partial charge in [-0.2, -0.15) is 0 Å². The van der Waals surface area contributed by atoms with E-state index in [0.29, 0.717) is 11.5 Å². The molecule has 0 saturated heterocycles. The van der Waals surface area contributed by atoms with Gasteiger partial charge in [0.2, 0.25) is 5.89 Å². The van der Waals surface area contributed by atoms with E-state index in [9.17, 15) is 9.18 Å². The Balaban J connectivity index is 1.69. The molecule has 1 amide bonds. The zero-order valence-electron chi connectivity index (χ0n) is 11.6. The molecule has 1 heterocycles. The third kappa shape index (κ3) is 3.29. The average molecular weight is 288 g/mol. The lowest BCUT2D eigenvalue weighted by molar-refractivity contribution is 0.0922. The largest absolute Gasteiger partial charge is 0.444 e. The predicted molar refractivity (Wildman–Crippen MR) is 76.2 cm³/mol. The fraction of sp³-hybridized carbons (Fsp3) is 0.375. The summed E-state index contributed by atoms with van der Waals surface area (Å²) < 4.78 is 18.2. The van der Waals surface area contributed by atoms with Gasteiger partial charge >= 0.3 is 0 Å². The number of carbonyl (C=O) groups excluding carboxylic acids is 1. The SMILES string of the molecule is O=C(NC1CCCCC1)c1coc(-c2ccc(F)cc2)n1. The van der Waals surface area contributed by atoms with Crippen LogP contribution >= 0.6 is 0 Å². The summed E-state index contributed by atoms with van der Waals surface area (Å²) in [6.07, 6.45) is 6.94. The number of oxazole rings is 1. The topological polar surface area (TPSA) is 55.1 Å². The highest BCUT2D eigenvalue weighted by Crippen LogP contribution is 2.20. The fourth-order valence-electron chi connectivity index (χ4n) is 2.61. The quantitative estimate of drug-likeness (QED) is 0.939. The maximum absolute atomic E-state index is 12.9. The Bertz CT molecular complexity index is 615. The fourth-order valence-corrected chi connectivity index (χ4v) is 2.61. The highest BCUT2D eigenvalue weighted by molar-refractivity contribution is 5.92. The Morgan fingerprint density at radius 2 is 1.90 bits per heavy atom. The second-order valence-corrected chi connectivity index (χ2v) is 5.35. The van der Waals surface area contributed by atoms with Gasteiger partial charge in [0.05, 0.1) is 0 Å². The third-order valence-electron chi connectivity index (χ3n) is 3.77. The van der Waals surface area contributed by atoms with Crippen molar-refractivity contribution in [3.63, 3.8) is 0 Å². The normalized spacial score (nSPS) is 15.9. The van der Waals surface area contributed by atoms with Crippen molar-refractivity contribution >= 4 is 5.91 Å². The third-order valence-corrected chi connectivity index (χ3v) is 3.77. The number of hydrogen-bond donors (Lipinski definition) is 1. The Labute approximate surface area is 122 Å². The van der Waals surface area contributed by atoms with E-state index in [2.05, 4.69) is 10.3 Å². The molecule has 0 aliphatic heterocycles. The summed E-state index contributed by atoms with van der Waals surface area (Å²) >= 11 is 0. The lowest BCUT2D eigenvalue weighted by atomic mass is 9.95. The van der Waals surface area contributed by atoms with Gasteiger partial charge in [0.15, 0.2) is 5.69 Å². The number of nitrogens with one attached hydrogen (secondary N) is 1. The van der Waals surface area contributed by atoms with Crippen LogP contribution in [0.15, 0.2) is 34.9 Å². The first-order chi connectivity index (χ1) is 10.2. The number of benzene rings is 1. The number of halogens is 1. The van der Waals surface area contributed by atoms with E-state index in [-0.39, 0.29) is 23.5 Å². The summed E-state index contributed by atoms with van der Waals surface area (Å²) in [6, 6.07) is 6.05. The van der Waals surface area contributed by atoms with Crippen molar-refractivity contribution in [3.8, 4) is 11.5 Å². The van der Waals surface area contributed by atoms with Crippen molar-refractivity contribution in [1.82, 2.24) is 10.3 Å². The van der Waals surface area contributed by atoms with Crippen molar-refractivity contribution in [3.05, 3.63) is 42.0 Å². The van der Waals surface area contributed by atoms with Crippen LogP contribution < -0.4 is 5.32 Å². The maximum atomic E-state index is 12.9. The summed E-state index contributed by atoms with van der Waals surface area (Å²) in [6.45, 7) is 0. The summed E-state index contributed by atoms with van der Waals surface area (Å²) in [5, 5.41) is 2.99. The first kappa shape index (κ1) is 13.8. The molecule has 1 aliphatic rings. The van der Waals surface area contributed by atoms with E-state index in [1.165, 1.54) is 24.8 Å². The van der Waals surface area contributed by atoms with Crippen LogP contribution in [0.2, 0.25) is 0 Å².